The van der Waals surface area contributed by atoms with Gasteiger partial charge in [-0.15, -0.1) is 0 Å². The van der Waals surface area contributed by atoms with Gasteiger partial charge in [-0.2, -0.15) is 4.98 Å². The van der Waals surface area contributed by atoms with Gasteiger partial charge in [0.1, 0.15) is 0 Å². The maximum absolute atomic E-state index is 8.93. The van der Waals surface area contributed by atoms with Gasteiger partial charge >= 0.3 is 5.65 Å². The lowest BCUT2D eigenvalue weighted by Crippen LogP contribution is -2.02. The monoisotopic (exact) mass is 218 g/mol. The van der Waals surface area contributed by atoms with Gasteiger partial charge in [0.15, 0.2) is 12.1 Å². The average Bonchev–Trinajstić information content (AvgIpc) is 2.83. The molecule has 0 bridgehead atoms. The first-order chi connectivity index (χ1) is 7.78. The van der Waals surface area contributed by atoms with Crippen molar-refractivity contribution < 1.29 is 10.1 Å². The Morgan fingerprint density at radius 1 is 1.62 bits per heavy atom. The van der Waals surface area contributed by atoms with E-state index < -0.39 is 0 Å². The second kappa shape index (κ2) is 3.28. The Bertz CT molecular complexity index is 574. The molecule has 1 aliphatic rings. The average molecular weight is 218 g/mol. The lowest BCUT2D eigenvalue weighted by Gasteiger charge is -1.91. The van der Waals surface area contributed by atoms with Gasteiger partial charge in [0.05, 0.1) is 0 Å². The molecule has 1 aliphatic carbocycles. The highest BCUT2D eigenvalue weighted by Crippen LogP contribution is 2.38. The number of hydrogen-bond donors (Lipinski definition) is 3. The molecule has 1 saturated carbocycles. The van der Waals surface area contributed by atoms with E-state index in [-0.39, 0.29) is 12.5 Å². The number of imidazole rings is 1. The Morgan fingerprint density at radius 3 is 3.25 bits per heavy atom. The van der Waals surface area contributed by atoms with Crippen LogP contribution >= 0.6 is 0 Å². The van der Waals surface area contributed by atoms with E-state index in [0.29, 0.717) is 17.3 Å². The van der Waals surface area contributed by atoms with E-state index in [9.17, 15) is 0 Å². The van der Waals surface area contributed by atoms with Crippen molar-refractivity contribution in [3.63, 3.8) is 0 Å². The van der Waals surface area contributed by atoms with Gasteiger partial charge in [0.25, 0.3) is 0 Å². The van der Waals surface area contributed by atoms with Crippen LogP contribution in [-0.2, 0) is 0 Å². The molecular weight excluding hydrogens is 206 g/mol. The third kappa shape index (κ3) is 1.43. The molecule has 0 radical (unpaired) electrons. The highest BCUT2D eigenvalue weighted by molar-refractivity contribution is 5.79. The molecule has 82 valence electrons. The van der Waals surface area contributed by atoms with Gasteiger partial charge in [-0.1, -0.05) is 10.6 Å². The summed E-state index contributed by atoms with van der Waals surface area (Å²) in [7, 11) is 0. The molecule has 1 atom stereocenters. The van der Waals surface area contributed by atoms with Crippen molar-refractivity contribution in [2.75, 3.05) is 12.3 Å². The van der Waals surface area contributed by atoms with Crippen LogP contribution in [0, 0.1) is 5.92 Å². The molecule has 5 N–H and O–H groups in total. The number of nitrogen functional groups attached to an aromatic ring is 1. The zero-order valence-corrected chi connectivity index (χ0v) is 8.57. The first-order valence-electron chi connectivity index (χ1n) is 5.11. The van der Waals surface area contributed by atoms with Crippen LogP contribution in [0.25, 0.3) is 17.2 Å². The number of nitrogens with two attached hydrogens (primary N) is 1. The minimum Gasteiger partial charge on any atom is -0.396 e. The lowest BCUT2D eigenvalue weighted by molar-refractivity contribution is -0.347. The number of hydrogen-bond acceptors (Lipinski definition) is 4. The summed E-state index contributed by atoms with van der Waals surface area (Å²) in [5.41, 5.74) is 8.38. The summed E-state index contributed by atoms with van der Waals surface area (Å²) in [5.74, 6) is 1.31. The number of anilines is 1. The number of nitrogens with zero attached hydrogens (tertiary/aromatic N) is 2. The van der Waals surface area contributed by atoms with Crippen molar-refractivity contribution in [2.24, 2.45) is 5.92 Å². The molecule has 0 aromatic carbocycles. The molecule has 1 unspecified atom stereocenters. The number of nitrogens with one attached hydrogen (secondary N) is 2. The predicted octanol–water partition coefficient (Wildman–Crippen LogP) is -0.250. The highest BCUT2D eigenvalue weighted by atomic mass is 16.3. The van der Waals surface area contributed by atoms with E-state index in [1.54, 1.807) is 6.33 Å². The molecule has 2 heterocycles. The van der Waals surface area contributed by atoms with Crippen molar-refractivity contribution in [1.29, 1.82) is 0 Å². The Hall–Kier alpha value is -1.95. The van der Waals surface area contributed by atoms with Gasteiger partial charge in [0.2, 0.25) is 11.3 Å². The van der Waals surface area contributed by atoms with Crippen molar-refractivity contribution in [2.45, 2.75) is 6.42 Å². The van der Waals surface area contributed by atoms with E-state index in [4.69, 9.17) is 10.8 Å². The molecule has 16 heavy (non-hydrogen) atoms. The Morgan fingerprint density at radius 2 is 2.50 bits per heavy atom. The quantitative estimate of drug-likeness (QED) is 0.646. The summed E-state index contributed by atoms with van der Waals surface area (Å²) in [4.78, 5) is 14.4. The topological polar surface area (TPSA) is 102 Å². The number of aromatic nitrogens is 4. The molecule has 0 amide bonds. The molecular formula is C10H12N5O+. The van der Waals surface area contributed by atoms with Gasteiger partial charge in [-0.3, -0.25) is 4.98 Å². The van der Waals surface area contributed by atoms with Crippen LogP contribution in [0.2, 0.25) is 0 Å². The number of aliphatic hydroxyl groups excluding tert-OH is 1. The predicted molar refractivity (Wildman–Crippen MR) is 58.0 cm³/mol. The lowest BCUT2D eigenvalue weighted by atomic mass is 10.3. The normalized spacial score (nSPS) is 21.8. The SMILES string of the molecule is Nc1nc(C=C2CC2CO)nc2[nH+]c[nH]c12. The van der Waals surface area contributed by atoms with Gasteiger partial charge in [-0.05, 0) is 12.5 Å². The zero-order valence-electron chi connectivity index (χ0n) is 8.57. The first kappa shape index (κ1) is 9.29. The Balaban J connectivity index is 2.02. The summed E-state index contributed by atoms with van der Waals surface area (Å²) in [6.07, 6.45) is 4.48. The standard InChI is InChI=1S/C10H11N5O/c11-9-8-10(13-4-12-8)15-7(14-9)2-5-1-6(5)3-16/h2,4,6,16H,1,3H2,(H3,11,12,13,14,15)/p+1. The van der Waals surface area contributed by atoms with Crippen LogP contribution in [0.15, 0.2) is 11.9 Å². The maximum atomic E-state index is 8.93. The molecule has 6 heteroatoms. The van der Waals surface area contributed by atoms with E-state index in [2.05, 4.69) is 19.9 Å². The van der Waals surface area contributed by atoms with E-state index in [1.165, 1.54) is 5.57 Å². The van der Waals surface area contributed by atoms with Crippen molar-refractivity contribution in [3.8, 4) is 0 Å². The summed E-state index contributed by atoms with van der Waals surface area (Å²) in [6.45, 7) is 0.194. The van der Waals surface area contributed by atoms with Crippen LogP contribution in [0.1, 0.15) is 12.2 Å². The van der Waals surface area contributed by atoms with Crippen molar-refractivity contribution in [1.82, 2.24) is 15.0 Å². The van der Waals surface area contributed by atoms with Crippen molar-refractivity contribution in [3.05, 3.63) is 17.7 Å². The second-order valence-electron chi connectivity index (χ2n) is 3.93. The molecule has 6 nitrogen and oxygen atoms in total. The number of aliphatic hydroxyl groups is 1. The fourth-order valence-electron chi connectivity index (χ4n) is 1.73. The van der Waals surface area contributed by atoms with Crippen molar-refractivity contribution >= 4 is 23.1 Å². The highest BCUT2D eigenvalue weighted by Gasteiger charge is 2.29. The minimum absolute atomic E-state index is 0.194. The Kier molecular flexibility index (Phi) is 1.90. The van der Waals surface area contributed by atoms with E-state index >= 15 is 0 Å². The van der Waals surface area contributed by atoms with Gasteiger partial charge in [-0.25, -0.2) is 4.98 Å². The molecule has 0 saturated heterocycles. The number of rotatable bonds is 2. The molecule has 1 fully saturated rings. The number of fused-ring (bicyclic) bond motifs is 1. The fourth-order valence-corrected chi connectivity index (χ4v) is 1.73. The maximum Gasteiger partial charge on any atom is 0.305 e. The zero-order chi connectivity index (χ0) is 11.1. The fraction of sp³-hybridized carbons (Fsp3) is 0.300. The smallest absolute Gasteiger partial charge is 0.305 e. The molecule has 3 rings (SSSR count). The number of aromatic amines is 2. The van der Waals surface area contributed by atoms with Crippen LogP contribution in [0.5, 0.6) is 0 Å². The van der Waals surface area contributed by atoms with E-state index in [1.807, 2.05) is 6.08 Å². The molecule has 2 aromatic rings. The largest absolute Gasteiger partial charge is 0.396 e. The van der Waals surface area contributed by atoms with Crippen LogP contribution in [0.4, 0.5) is 5.82 Å². The minimum atomic E-state index is 0.194. The third-order valence-corrected chi connectivity index (χ3v) is 2.76. The Labute approximate surface area is 91.2 Å². The summed E-state index contributed by atoms with van der Waals surface area (Å²) in [6, 6.07) is 0. The number of H-pyrrole nitrogens is 2. The van der Waals surface area contributed by atoms with Crippen LogP contribution in [-0.4, -0.2) is 26.7 Å². The summed E-state index contributed by atoms with van der Waals surface area (Å²) in [5, 5.41) is 8.93. The summed E-state index contributed by atoms with van der Waals surface area (Å²) < 4.78 is 0. The van der Waals surface area contributed by atoms with Gasteiger partial charge < -0.3 is 10.8 Å². The van der Waals surface area contributed by atoms with Crippen LogP contribution < -0.4 is 10.7 Å². The molecule has 2 aromatic heterocycles. The van der Waals surface area contributed by atoms with Crippen LogP contribution in [0.3, 0.4) is 0 Å². The summed E-state index contributed by atoms with van der Waals surface area (Å²) >= 11 is 0. The molecule has 0 spiro atoms. The third-order valence-electron chi connectivity index (χ3n) is 2.76. The first-order valence-corrected chi connectivity index (χ1v) is 5.11. The van der Waals surface area contributed by atoms with Gasteiger partial charge in [0, 0.05) is 12.5 Å². The van der Waals surface area contributed by atoms with E-state index in [0.717, 1.165) is 11.9 Å². The molecule has 0 aliphatic heterocycles. The second-order valence-corrected chi connectivity index (χ2v) is 3.93.